The van der Waals surface area contributed by atoms with Crippen LogP contribution < -0.4 is 10.1 Å². The van der Waals surface area contributed by atoms with Crippen molar-refractivity contribution in [3.8, 4) is 5.75 Å². The molecule has 0 radical (unpaired) electrons. The van der Waals surface area contributed by atoms with Crippen molar-refractivity contribution in [3.05, 3.63) is 29.8 Å². The number of para-hydroxylation sites is 1. The second-order valence-electron chi connectivity index (χ2n) is 6.70. The molecule has 2 aliphatic heterocycles. The highest BCUT2D eigenvalue weighted by Gasteiger charge is 2.31. The molecule has 6 nitrogen and oxygen atoms in total. The first kappa shape index (κ1) is 17.6. The van der Waals surface area contributed by atoms with E-state index in [1.54, 1.807) is 7.11 Å². The minimum Gasteiger partial charge on any atom is -0.496 e. The fourth-order valence-electron chi connectivity index (χ4n) is 3.76. The molecular weight excluding hydrogens is 318 g/mol. The summed E-state index contributed by atoms with van der Waals surface area (Å²) in [5, 5.41) is 3.00. The van der Waals surface area contributed by atoms with Crippen LogP contribution in [0.3, 0.4) is 0 Å². The summed E-state index contributed by atoms with van der Waals surface area (Å²) in [5.41, 5.74) is 1.09. The van der Waals surface area contributed by atoms with E-state index in [0.29, 0.717) is 19.0 Å². The second kappa shape index (κ2) is 8.23. The number of carbonyl (C=O) groups excluding carboxylic acids is 2. The Hall–Kier alpha value is -2.24. The van der Waals surface area contributed by atoms with Crippen LogP contribution in [0.25, 0.3) is 0 Å². The fourth-order valence-corrected chi connectivity index (χ4v) is 3.76. The molecule has 2 fully saturated rings. The summed E-state index contributed by atoms with van der Waals surface area (Å²) >= 11 is 0. The van der Waals surface area contributed by atoms with Gasteiger partial charge in [-0.2, -0.15) is 0 Å². The number of carbonyl (C=O) groups is 2. The van der Waals surface area contributed by atoms with Crippen molar-refractivity contribution in [1.29, 1.82) is 0 Å². The number of likely N-dealkylation sites (tertiary alicyclic amines) is 2. The predicted molar refractivity (Wildman–Crippen MR) is 95.6 cm³/mol. The van der Waals surface area contributed by atoms with Crippen molar-refractivity contribution in [2.24, 2.45) is 0 Å². The topological polar surface area (TPSA) is 61.9 Å². The van der Waals surface area contributed by atoms with Crippen molar-refractivity contribution in [2.75, 3.05) is 33.3 Å². The number of hydrogen-bond donors (Lipinski definition) is 1. The van der Waals surface area contributed by atoms with E-state index >= 15 is 0 Å². The lowest BCUT2D eigenvalue weighted by Gasteiger charge is -2.36. The molecule has 0 aliphatic carbocycles. The van der Waals surface area contributed by atoms with E-state index in [4.69, 9.17) is 4.74 Å². The molecule has 0 aromatic heterocycles. The highest BCUT2D eigenvalue weighted by atomic mass is 16.5. The van der Waals surface area contributed by atoms with Gasteiger partial charge in [-0.3, -0.25) is 4.79 Å². The molecular formula is C19H27N3O3. The van der Waals surface area contributed by atoms with Gasteiger partial charge in [-0.05, 0) is 37.3 Å². The number of rotatable bonds is 5. The lowest BCUT2D eigenvalue weighted by atomic mass is 10.0. The summed E-state index contributed by atoms with van der Waals surface area (Å²) in [6, 6.07) is 8.17. The van der Waals surface area contributed by atoms with Gasteiger partial charge in [0.15, 0.2) is 0 Å². The molecule has 1 aromatic carbocycles. The SMILES string of the molecule is COc1ccccc1CCNC(=O)N1CCC(N2CCCC2=O)CC1. The third-order valence-corrected chi connectivity index (χ3v) is 5.17. The van der Waals surface area contributed by atoms with E-state index in [0.717, 1.165) is 56.6 Å². The van der Waals surface area contributed by atoms with E-state index in [1.807, 2.05) is 34.1 Å². The van der Waals surface area contributed by atoms with Crippen LogP contribution in [0.2, 0.25) is 0 Å². The van der Waals surface area contributed by atoms with Crippen LogP contribution in [0.4, 0.5) is 4.79 Å². The molecule has 0 saturated carbocycles. The van der Waals surface area contributed by atoms with Crippen LogP contribution in [-0.4, -0.2) is 61.1 Å². The van der Waals surface area contributed by atoms with Gasteiger partial charge in [-0.1, -0.05) is 18.2 Å². The summed E-state index contributed by atoms with van der Waals surface area (Å²) in [5.74, 6) is 1.13. The first-order valence-electron chi connectivity index (χ1n) is 9.13. The van der Waals surface area contributed by atoms with Crippen LogP contribution in [0.5, 0.6) is 5.75 Å². The number of hydrogen-bond acceptors (Lipinski definition) is 3. The molecule has 0 bridgehead atoms. The smallest absolute Gasteiger partial charge is 0.317 e. The van der Waals surface area contributed by atoms with E-state index in [-0.39, 0.29) is 11.9 Å². The highest BCUT2D eigenvalue weighted by molar-refractivity contribution is 5.78. The molecule has 3 rings (SSSR count). The minimum absolute atomic E-state index is 0.0129. The van der Waals surface area contributed by atoms with Gasteiger partial charge in [0, 0.05) is 38.6 Å². The molecule has 1 aromatic rings. The van der Waals surface area contributed by atoms with Crippen molar-refractivity contribution < 1.29 is 14.3 Å². The Kier molecular flexibility index (Phi) is 5.79. The van der Waals surface area contributed by atoms with Gasteiger partial charge in [-0.25, -0.2) is 4.79 Å². The average Bonchev–Trinajstić information content (AvgIpc) is 3.08. The van der Waals surface area contributed by atoms with Gasteiger partial charge in [0.2, 0.25) is 5.91 Å². The van der Waals surface area contributed by atoms with Crippen molar-refractivity contribution in [1.82, 2.24) is 15.1 Å². The van der Waals surface area contributed by atoms with Crippen molar-refractivity contribution in [2.45, 2.75) is 38.1 Å². The zero-order chi connectivity index (χ0) is 17.6. The van der Waals surface area contributed by atoms with Gasteiger partial charge >= 0.3 is 6.03 Å². The Bertz CT molecular complexity index is 612. The van der Waals surface area contributed by atoms with Gasteiger partial charge in [0.1, 0.15) is 5.75 Å². The lowest BCUT2D eigenvalue weighted by molar-refractivity contribution is -0.130. The van der Waals surface area contributed by atoms with Gasteiger partial charge in [0.05, 0.1) is 7.11 Å². The zero-order valence-corrected chi connectivity index (χ0v) is 14.9. The minimum atomic E-state index is -0.0129. The maximum atomic E-state index is 12.3. The second-order valence-corrected chi connectivity index (χ2v) is 6.70. The van der Waals surface area contributed by atoms with Crippen molar-refractivity contribution in [3.63, 3.8) is 0 Å². The molecule has 0 atom stereocenters. The largest absolute Gasteiger partial charge is 0.496 e. The molecule has 25 heavy (non-hydrogen) atoms. The summed E-state index contributed by atoms with van der Waals surface area (Å²) < 4.78 is 5.33. The number of methoxy groups -OCH3 is 1. The summed E-state index contributed by atoms with van der Waals surface area (Å²) in [4.78, 5) is 28.0. The highest BCUT2D eigenvalue weighted by Crippen LogP contribution is 2.22. The molecule has 2 aliphatic rings. The fraction of sp³-hybridized carbons (Fsp3) is 0.579. The first-order valence-corrected chi connectivity index (χ1v) is 9.13. The summed E-state index contributed by atoms with van der Waals surface area (Å²) in [6.07, 6.45) is 4.16. The molecule has 6 heteroatoms. The molecule has 0 unspecified atom stereocenters. The quantitative estimate of drug-likeness (QED) is 0.888. The Labute approximate surface area is 149 Å². The van der Waals surface area contributed by atoms with E-state index in [2.05, 4.69) is 5.32 Å². The Morgan fingerprint density at radius 3 is 2.68 bits per heavy atom. The molecule has 1 N–H and O–H groups in total. The molecule has 2 heterocycles. The Balaban J connectivity index is 1.41. The van der Waals surface area contributed by atoms with E-state index in [9.17, 15) is 9.59 Å². The number of ether oxygens (including phenoxy) is 1. The molecule has 136 valence electrons. The number of nitrogens with one attached hydrogen (secondary N) is 1. The maximum absolute atomic E-state index is 12.3. The summed E-state index contributed by atoms with van der Waals surface area (Å²) in [7, 11) is 1.66. The summed E-state index contributed by atoms with van der Waals surface area (Å²) in [6.45, 7) is 2.90. The van der Waals surface area contributed by atoms with E-state index < -0.39 is 0 Å². The van der Waals surface area contributed by atoms with Crippen molar-refractivity contribution >= 4 is 11.9 Å². The number of piperidine rings is 1. The maximum Gasteiger partial charge on any atom is 0.317 e. The average molecular weight is 345 g/mol. The van der Waals surface area contributed by atoms with E-state index in [1.165, 1.54) is 0 Å². The first-order chi connectivity index (χ1) is 12.2. The van der Waals surface area contributed by atoms with Crippen LogP contribution >= 0.6 is 0 Å². The molecule has 0 spiro atoms. The van der Waals surface area contributed by atoms with Crippen LogP contribution in [0.1, 0.15) is 31.2 Å². The normalized spacial score (nSPS) is 18.5. The number of benzene rings is 1. The predicted octanol–water partition coefficient (Wildman–Crippen LogP) is 2.03. The Morgan fingerprint density at radius 2 is 2.00 bits per heavy atom. The van der Waals surface area contributed by atoms with Gasteiger partial charge in [-0.15, -0.1) is 0 Å². The zero-order valence-electron chi connectivity index (χ0n) is 14.9. The van der Waals surface area contributed by atoms with Crippen LogP contribution in [0.15, 0.2) is 24.3 Å². The number of urea groups is 1. The van der Waals surface area contributed by atoms with Gasteiger partial charge < -0.3 is 19.9 Å². The molecule has 2 saturated heterocycles. The lowest BCUT2D eigenvalue weighted by Crippen LogP contribution is -2.50. The van der Waals surface area contributed by atoms with Crippen LogP contribution in [-0.2, 0) is 11.2 Å². The number of nitrogens with zero attached hydrogens (tertiary/aromatic N) is 2. The monoisotopic (exact) mass is 345 g/mol. The number of amides is 3. The standard InChI is InChI=1S/C19H27N3O3/c1-25-17-6-3-2-5-15(17)8-11-20-19(24)21-13-9-16(10-14-21)22-12-4-7-18(22)23/h2-3,5-6,16H,4,7-14H2,1H3,(H,20,24). The third kappa shape index (κ3) is 4.24. The molecule has 3 amide bonds. The van der Waals surface area contributed by atoms with Crippen LogP contribution in [0, 0.1) is 0 Å². The Morgan fingerprint density at radius 1 is 1.24 bits per heavy atom. The third-order valence-electron chi connectivity index (χ3n) is 5.17. The van der Waals surface area contributed by atoms with Gasteiger partial charge in [0.25, 0.3) is 0 Å².